The summed E-state index contributed by atoms with van der Waals surface area (Å²) < 4.78 is 5.54. The van der Waals surface area contributed by atoms with Crippen LogP contribution in [0.2, 0.25) is 0 Å². The molecule has 0 aliphatic heterocycles. The van der Waals surface area contributed by atoms with Crippen molar-refractivity contribution in [2.75, 3.05) is 0 Å². The molecule has 0 bridgehead atoms. The predicted octanol–water partition coefficient (Wildman–Crippen LogP) is 3.77. The molecule has 0 saturated carbocycles. The number of hydrogen-bond acceptors (Lipinski definition) is 2. The molecule has 0 aliphatic carbocycles. The van der Waals surface area contributed by atoms with Gasteiger partial charge in [-0.3, -0.25) is 0 Å². The van der Waals surface area contributed by atoms with E-state index in [4.69, 9.17) is 9.84 Å². The largest absolute Gasteiger partial charge is 0.478 e. The predicted molar refractivity (Wildman–Crippen MR) is 82.6 cm³/mol. The summed E-state index contributed by atoms with van der Waals surface area (Å²) >= 11 is 0. The second kappa shape index (κ2) is 6.93. The van der Waals surface area contributed by atoms with E-state index >= 15 is 0 Å². The van der Waals surface area contributed by atoms with Crippen LogP contribution in [0.5, 0.6) is 5.75 Å². The van der Waals surface area contributed by atoms with E-state index in [1.165, 1.54) is 11.1 Å². The average Bonchev–Trinajstić information content (AvgIpc) is 2.47. The summed E-state index contributed by atoms with van der Waals surface area (Å²) in [5, 5.41) is 9.13. The molecule has 0 heterocycles. The first kappa shape index (κ1) is 15.1. The molecule has 0 fully saturated rings. The number of ether oxygens (including phenoxy) is 1. The van der Waals surface area contributed by atoms with Crippen molar-refractivity contribution in [3.05, 3.63) is 65.7 Å². The van der Waals surface area contributed by atoms with E-state index in [1.807, 2.05) is 56.3 Å². The summed E-state index contributed by atoms with van der Waals surface area (Å²) in [6.45, 7) is 3.67. The molecule has 110 valence electrons. The lowest BCUT2D eigenvalue weighted by molar-refractivity contribution is -0.147. The molecule has 3 nitrogen and oxygen atoms in total. The lowest BCUT2D eigenvalue weighted by Crippen LogP contribution is -2.32. The minimum absolute atomic E-state index is 0.0773. The summed E-state index contributed by atoms with van der Waals surface area (Å²) in [6, 6.07) is 17.8. The van der Waals surface area contributed by atoms with Crippen molar-refractivity contribution in [2.24, 2.45) is 5.92 Å². The van der Waals surface area contributed by atoms with Gasteiger partial charge in [0.1, 0.15) is 5.75 Å². The molecule has 2 rings (SSSR count). The van der Waals surface area contributed by atoms with Gasteiger partial charge in [0.15, 0.2) is 6.10 Å². The highest BCUT2D eigenvalue weighted by molar-refractivity contribution is 5.73. The fraction of sp³-hybridized carbons (Fsp3) is 0.278. The van der Waals surface area contributed by atoms with Crippen molar-refractivity contribution in [1.82, 2.24) is 0 Å². The number of carbonyl (C=O) groups is 1. The van der Waals surface area contributed by atoms with Crippen LogP contribution in [0.4, 0.5) is 0 Å². The van der Waals surface area contributed by atoms with Crippen LogP contribution in [-0.2, 0) is 11.2 Å². The minimum atomic E-state index is -0.932. The molecular formula is C18H20O3. The van der Waals surface area contributed by atoms with Gasteiger partial charge in [0.05, 0.1) is 0 Å². The van der Waals surface area contributed by atoms with Gasteiger partial charge in [0.25, 0.3) is 0 Å². The maximum absolute atomic E-state index is 11.1. The van der Waals surface area contributed by atoms with Gasteiger partial charge in [0, 0.05) is 5.92 Å². The van der Waals surface area contributed by atoms with Gasteiger partial charge >= 0.3 is 5.97 Å². The van der Waals surface area contributed by atoms with E-state index in [0.717, 1.165) is 6.42 Å². The Balaban J connectivity index is 2.03. The first-order valence-corrected chi connectivity index (χ1v) is 7.08. The van der Waals surface area contributed by atoms with Crippen molar-refractivity contribution >= 4 is 5.97 Å². The number of hydrogen-bond donors (Lipinski definition) is 1. The van der Waals surface area contributed by atoms with Crippen LogP contribution in [0.3, 0.4) is 0 Å². The zero-order valence-corrected chi connectivity index (χ0v) is 12.3. The summed E-state index contributed by atoms with van der Waals surface area (Å²) in [6.07, 6.45) is 0.0400. The number of benzene rings is 2. The molecule has 0 amide bonds. The Morgan fingerprint density at radius 1 is 1.00 bits per heavy atom. The van der Waals surface area contributed by atoms with Crippen molar-refractivity contribution in [2.45, 2.75) is 26.4 Å². The zero-order chi connectivity index (χ0) is 15.2. The van der Waals surface area contributed by atoms with Crippen molar-refractivity contribution in [3.63, 3.8) is 0 Å². The Hall–Kier alpha value is -2.29. The highest BCUT2D eigenvalue weighted by atomic mass is 16.5. The molecule has 0 saturated heterocycles. The fourth-order valence-electron chi connectivity index (χ4n) is 2.14. The first-order chi connectivity index (χ1) is 10.1. The Morgan fingerprint density at radius 3 is 2.10 bits per heavy atom. The summed E-state index contributed by atoms with van der Waals surface area (Å²) in [4.78, 5) is 11.1. The van der Waals surface area contributed by atoms with Gasteiger partial charge < -0.3 is 9.84 Å². The lowest BCUT2D eigenvalue weighted by atomic mass is 10.0. The van der Waals surface area contributed by atoms with E-state index in [2.05, 4.69) is 12.1 Å². The Kier molecular flexibility index (Phi) is 4.99. The second-order valence-electron chi connectivity index (χ2n) is 5.43. The molecule has 0 aliphatic rings. The number of carboxylic acid groups (broad SMARTS) is 1. The average molecular weight is 284 g/mol. The van der Waals surface area contributed by atoms with Crippen LogP contribution in [0.25, 0.3) is 0 Å². The molecule has 21 heavy (non-hydrogen) atoms. The minimum Gasteiger partial charge on any atom is -0.478 e. The van der Waals surface area contributed by atoms with E-state index in [0.29, 0.717) is 5.75 Å². The van der Waals surface area contributed by atoms with E-state index in [-0.39, 0.29) is 5.92 Å². The van der Waals surface area contributed by atoms with Gasteiger partial charge in [-0.2, -0.15) is 0 Å². The highest BCUT2D eigenvalue weighted by Gasteiger charge is 2.23. The lowest BCUT2D eigenvalue weighted by Gasteiger charge is -2.18. The van der Waals surface area contributed by atoms with Crippen molar-refractivity contribution in [1.29, 1.82) is 0 Å². The molecule has 1 N–H and O–H groups in total. The quantitative estimate of drug-likeness (QED) is 0.878. The summed E-state index contributed by atoms with van der Waals surface area (Å²) in [5.74, 6) is -0.419. The van der Waals surface area contributed by atoms with E-state index in [9.17, 15) is 4.79 Å². The van der Waals surface area contributed by atoms with Gasteiger partial charge in [-0.25, -0.2) is 4.79 Å². The monoisotopic (exact) mass is 284 g/mol. The molecule has 3 heteroatoms. The molecular weight excluding hydrogens is 264 g/mol. The second-order valence-corrected chi connectivity index (χ2v) is 5.43. The third-order valence-corrected chi connectivity index (χ3v) is 3.29. The summed E-state index contributed by atoms with van der Waals surface area (Å²) in [5.41, 5.74) is 2.42. The molecule has 1 atom stereocenters. The van der Waals surface area contributed by atoms with Crippen molar-refractivity contribution in [3.8, 4) is 5.75 Å². The number of carboxylic acids is 1. The number of aliphatic carboxylic acids is 1. The van der Waals surface area contributed by atoms with E-state index in [1.54, 1.807) is 0 Å². The van der Waals surface area contributed by atoms with Crippen LogP contribution < -0.4 is 4.74 Å². The molecule has 0 aromatic heterocycles. The Bertz CT molecular complexity index is 573. The maximum Gasteiger partial charge on any atom is 0.345 e. The Morgan fingerprint density at radius 2 is 1.57 bits per heavy atom. The SMILES string of the molecule is CC(C)C(Oc1ccc(Cc2ccccc2)cc1)C(=O)O. The van der Waals surface area contributed by atoms with E-state index < -0.39 is 12.1 Å². The van der Waals surface area contributed by atoms with Crippen LogP contribution in [0.15, 0.2) is 54.6 Å². The third kappa shape index (κ3) is 4.35. The fourth-order valence-corrected chi connectivity index (χ4v) is 2.14. The van der Waals surface area contributed by atoms with Crippen LogP contribution in [0, 0.1) is 5.92 Å². The van der Waals surface area contributed by atoms with Crippen LogP contribution >= 0.6 is 0 Å². The molecule has 0 radical (unpaired) electrons. The van der Waals surface area contributed by atoms with Gasteiger partial charge in [-0.15, -0.1) is 0 Å². The Labute approximate surface area is 125 Å². The zero-order valence-electron chi connectivity index (χ0n) is 12.3. The summed E-state index contributed by atoms with van der Waals surface area (Å²) in [7, 11) is 0. The highest BCUT2D eigenvalue weighted by Crippen LogP contribution is 2.18. The molecule has 2 aromatic carbocycles. The molecule has 0 spiro atoms. The van der Waals surface area contributed by atoms with Gasteiger partial charge in [0.2, 0.25) is 0 Å². The van der Waals surface area contributed by atoms with Crippen LogP contribution in [0.1, 0.15) is 25.0 Å². The third-order valence-electron chi connectivity index (χ3n) is 3.29. The maximum atomic E-state index is 11.1. The number of rotatable bonds is 6. The van der Waals surface area contributed by atoms with Gasteiger partial charge in [-0.1, -0.05) is 56.3 Å². The standard InChI is InChI=1S/C18H20O3/c1-13(2)17(18(19)20)21-16-10-8-15(9-11-16)12-14-6-4-3-5-7-14/h3-11,13,17H,12H2,1-2H3,(H,19,20). The van der Waals surface area contributed by atoms with Gasteiger partial charge in [-0.05, 0) is 29.7 Å². The first-order valence-electron chi connectivity index (χ1n) is 7.08. The smallest absolute Gasteiger partial charge is 0.345 e. The topological polar surface area (TPSA) is 46.5 Å². The molecule has 2 aromatic rings. The molecule has 1 unspecified atom stereocenters. The van der Waals surface area contributed by atoms with Crippen LogP contribution in [-0.4, -0.2) is 17.2 Å². The van der Waals surface area contributed by atoms with Crippen molar-refractivity contribution < 1.29 is 14.6 Å². The normalized spacial score (nSPS) is 12.1.